The van der Waals surface area contributed by atoms with Gasteiger partial charge in [0.2, 0.25) is 0 Å². The summed E-state index contributed by atoms with van der Waals surface area (Å²) in [6, 6.07) is 17.8. The zero-order valence-electron chi connectivity index (χ0n) is 20.0. The second-order valence-electron chi connectivity index (χ2n) is 8.80. The lowest BCUT2D eigenvalue weighted by Crippen LogP contribution is -2.31. The van der Waals surface area contributed by atoms with Crippen molar-refractivity contribution in [3.05, 3.63) is 88.5 Å². The van der Waals surface area contributed by atoms with Crippen molar-refractivity contribution in [1.82, 2.24) is 5.32 Å². The Hall–Kier alpha value is -3.32. The van der Waals surface area contributed by atoms with Gasteiger partial charge >= 0.3 is 0 Å². The number of nitrogens with one attached hydrogen (secondary N) is 1. The van der Waals surface area contributed by atoms with Crippen LogP contribution in [-0.4, -0.2) is 27.5 Å². The summed E-state index contributed by atoms with van der Waals surface area (Å²) < 4.78 is 33.3. The van der Waals surface area contributed by atoms with Gasteiger partial charge in [-0.15, -0.1) is 0 Å². The summed E-state index contributed by atoms with van der Waals surface area (Å²) in [5.74, 6) is 0.196. The van der Waals surface area contributed by atoms with E-state index in [1.807, 2.05) is 38.1 Å². The first-order valence-corrected chi connectivity index (χ1v) is 12.8. The summed E-state index contributed by atoms with van der Waals surface area (Å²) in [7, 11) is -3.66. The molecule has 34 heavy (non-hydrogen) atoms. The molecular weight excluding hydrogens is 448 g/mol. The molecule has 7 heteroatoms. The number of anilines is 1. The first-order valence-electron chi connectivity index (χ1n) is 11.4. The van der Waals surface area contributed by atoms with E-state index in [9.17, 15) is 13.2 Å². The number of benzene rings is 3. The average molecular weight is 479 g/mol. The first kappa shape index (κ1) is 23.8. The smallest absolute Gasteiger partial charge is 0.264 e. The van der Waals surface area contributed by atoms with Gasteiger partial charge in [-0.05, 0) is 92.3 Å². The molecule has 1 N–H and O–H groups in total. The molecule has 0 spiro atoms. The highest BCUT2D eigenvalue weighted by Crippen LogP contribution is 2.33. The third-order valence-electron chi connectivity index (χ3n) is 6.35. The largest absolute Gasteiger partial charge is 0.484 e. The quantitative estimate of drug-likeness (QED) is 0.538. The minimum absolute atomic E-state index is 0.147. The van der Waals surface area contributed by atoms with E-state index in [2.05, 4.69) is 31.3 Å². The number of para-hydroxylation sites is 1. The lowest BCUT2D eigenvalue weighted by molar-refractivity contribution is -0.123. The van der Waals surface area contributed by atoms with Gasteiger partial charge in [0.05, 0.1) is 16.6 Å². The third kappa shape index (κ3) is 4.80. The number of ether oxygens (including phenoxy) is 1. The minimum Gasteiger partial charge on any atom is -0.484 e. The number of sulfonamides is 1. The molecule has 3 aromatic rings. The maximum Gasteiger partial charge on any atom is 0.264 e. The molecular formula is C27H30N2O4S. The number of hydrogen-bond donors (Lipinski definition) is 1. The van der Waals surface area contributed by atoms with Crippen LogP contribution in [0.1, 0.15) is 40.8 Å². The van der Waals surface area contributed by atoms with E-state index < -0.39 is 10.0 Å². The van der Waals surface area contributed by atoms with Crippen molar-refractivity contribution in [3.63, 3.8) is 0 Å². The van der Waals surface area contributed by atoms with Crippen LogP contribution in [0.2, 0.25) is 0 Å². The van der Waals surface area contributed by atoms with Crippen molar-refractivity contribution in [2.24, 2.45) is 0 Å². The minimum atomic E-state index is -3.66. The predicted octanol–water partition coefficient (Wildman–Crippen LogP) is 4.62. The molecule has 178 valence electrons. The van der Waals surface area contributed by atoms with Gasteiger partial charge in [-0.3, -0.25) is 9.10 Å². The zero-order valence-corrected chi connectivity index (χ0v) is 20.8. The molecule has 0 saturated carbocycles. The van der Waals surface area contributed by atoms with Crippen LogP contribution in [0.4, 0.5) is 5.69 Å². The Morgan fingerprint density at radius 1 is 1.00 bits per heavy atom. The van der Waals surface area contributed by atoms with Gasteiger partial charge in [-0.25, -0.2) is 8.42 Å². The van der Waals surface area contributed by atoms with E-state index >= 15 is 0 Å². The first-order chi connectivity index (χ1) is 16.2. The fourth-order valence-electron chi connectivity index (χ4n) is 4.35. The van der Waals surface area contributed by atoms with E-state index in [1.54, 1.807) is 12.1 Å². The fraction of sp³-hybridized carbons (Fsp3) is 0.296. The molecule has 1 aliphatic heterocycles. The van der Waals surface area contributed by atoms with Crippen LogP contribution in [-0.2, 0) is 21.2 Å². The molecule has 0 unspecified atom stereocenters. The normalized spacial score (nSPS) is 13.9. The number of carbonyl (C=O) groups excluding carboxylic acids is 1. The highest BCUT2D eigenvalue weighted by atomic mass is 32.2. The summed E-state index contributed by atoms with van der Waals surface area (Å²) in [4.78, 5) is 12.6. The van der Waals surface area contributed by atoms with Crippen molar-refractivity contribution in [2.75, 3.05) is 17.5 Å². The SMILES string of the molecule is Cc1cc(C)c([C@H](C)NC(=O)COc2ccc(S(=O)(=O)N3CCc4ccccc43)cc2)cc1C. The second kappa shape index (κ2) is 9.50. The standard InChI is InChI=1S/C27H30N2O4S/c1-18-15-20(3)25(16-19(18)2)21(4)28-27(30)17-33-23-9-11-24(12-10-23)34(31,32)29-14-13-22-7-5-6-8-26(22)29/h5-12,15-16,21H,13-14,17H2,1-4H3,(H,28,30)/t21-/m0/s1. The Balaban J connectivity index is 1.37. The van der Waals surface area contributed by atoms with Crippen LogP contribution in [0.15, 0.2) is 65.6 Å². The number of amides is 1. The molecule has 1 amide bonds. The number of hydrogen-bond acceptors (Lipinski definition) is 4. The molecule has 1 aliphatic rings. The van der Waals surface area contributed by atoms with Crippen molar-refractivity contribution in [1.29, 1.82) is 0 Å². The third-order valence-corrected chi connectivity index (χ3v) is 8.18. The topological polar surface area (TPSA) is 75.7 Å². The maximum absolute atomic E-state index is 13.1. The van der Waals surface area contributed by atoms with Crippen LogP contribution in [0.5, 0.6) is 5.75 Å². The van der Waals surface area contributed by atoms with Crippen molar-refractivity contribution in [3.8, 4) is 5.75 Å². The monoisotopic (exact) mass is 478 g/mol. The Bertz CT molecular complexity index is 1320. The highest BCUT2D eigenvalue weighted by Gasteiger charge is 2.30. The second-order valence-corrected chi connectivity index (χ2v) is 10.7. The lowest BCUT2D eigenvalue weighted by atomic mass is 9.96. The Morgan fingerprint density at radius 2 is 1.68 bits per heavy atom. The molecule has 0 radical (unpaired) electrons. The van der Waals surface area contributed by atoms with E-state index in [4.69, 9.17) is 4.74 Å². The number of fused-ring (bicyclic) bond motifs is 1. The Labute approximate surface area is 201 Å². The molecule has 3 aromatic carbocycles. The molecule has 0 aliphatic carbocycles. The molecule has 0 saturated heterocycles. The molecule has 1 atom stereocenters. The summed E-state index contributed by atoms with van der Waals surface area (Å²) in [6.45, 7) is 8.40. The van der Waals surface area contributed by atoms with Gasteiger partial charge in [-0.2, -0.15) is 0 Å². The lowest BCUT2D eigenvalue weighted by Gasteiger charge is -2.20. The van der Waals surface area contributed by atoms with Crippen molar-refractivity contribution < 1.29 is 17.9 Å². The number of nitrogens with zero attached hydrogens (tertiary/aromatic N) is 1. The molecule has 0 aromatic heterocycles. The molecule has 0 bridgehead atoms. The van der Waals surface area contributed by atoms with E-state index in [0.717, 1.165) is 22.4 Å². The fourth-order valence-corrected chi connectivity index (χ4v) is 5.86. The molecule has 0 fully saturated rings. The van der Waals surface area contributed by atoms with Gasteiger partial charge in [0.15, 0.2) is 6.61 Å². The summed E-state index contributed by atoms with van der Waals surface area (Å²) in [6.07, 6.45) is 0.700. The summed E-state index contributed by atoms with van der Waals surface area (Å²) in [5, 5.41) is 2.97. The Kier molecular flexibility index (Phi) is 6.66. The molecule has 4 rings (SSSR count). The summed E-state index contributed by atoms with van der Waals surface area (Å²) >= 11 is 0. The van der Waals surface area contributed by atoms with Crippen LogP contribution in [0, 0.1) is 20.8 Å². The van der Waals surface area contributed by atoms with Crippen LogP contribution in [0.3, 0.4) is 0 Å². The van der Waals surface area contributed by atoms with Crippen molar-refractivity contribution in [2.45, 2.75) is 45.1 Å². The Morgan fingerprint density at radius 3 is 2.41 bits per heavy atom. The highest BCUT2D eigenvalue weighted by molar-refractivity contribution is 7.92. The average Bonchev–Trinajstić information content (AvgIpc) is 3.25. The van der Waals surface area contributed by atoms with Crippen LogP contribution in [0.25, 0.3) is 0 Å². The maximum atomic E-state index is 13.1. The van der Waals surface area contributed by atoms with E-state index in [1.165, 1.54) is 27.6 Å². The van der Waals surface area contributed by atoms with Gasteiger partial charge in [-0.1, -0.05) is 30.3 Å². The van der Waals surface area contributed by atoms with Crippen LogP contribution < -0.4 is 14.4 Å². The zero-order chi connectivity index (χ0) is 24.5. The predicted molar refractivity (Wildman–Crippen MR) is 134 cm³/mol. The van der Waals surface area contributed by atoms with Crippen LogP contribution >= 0.6 is 0 Å². The van der Waals surface area contributed by atoms with Gasteiger partial charge in [0.1, 0.15) is 5.75 Å². The van der Waals surface area contributed by atoms with E-state index in [0.29, 0.717) is 18.7 Å². The molecule has 1 heterocycles. The van der Waals surface area contributed by atoms with Gasteiger partial charge in [0.25, 0.3) is 15.9 Å². The number of carbonyl (C=O) groups is 1. The van der Waals surface area contributed by atoms with Gasteiger partial charge < -0.3 is 10.1 Å². The number of aryl methyl sites for hydroxylation is 3. The summed E-state index contributed by atoms with van der Waals surface area (Å²) in [5.41, 5.74) is 6.38. The van der Waals surface area contributed by atoms with E-state index in [-0.39, 0.29) is 23.5 Å². The molecule has 6 nitrogen and oxygen atoms in total. The van der Waals surface area contributed by atoms with Gasteiger partial charge in [0, 0.05) is 6.54 Å². The van der Waals surface area contributed by atoms with Crippen molar-refractivity contribution >= 4 is 21.6 Å². The number of rotatable bonds is 7.